The van der Waals surface area contributed by atoms with Gasteiger partial charge in [0.1, 0.15) is 7.05 Å². The highest BCUT2D eigenvalue weighted by Gasteiger charge is 2.19. The number of rotatable bonds is 5. The van der Waals surface area contributed by atoms with Crippen LogP contribution in [0.2, 0.25) is 0 Å². The summed E-state index contributed by atoms with van der Waals surface area (Å²) in [5.41, 5.74) is 8.35. The van der Waals surface area contributed by atoms with E-state index in [2.05, 4.69) is 110 Å². The van der Waals surface area contributed by atoms with Crippen LogP contribution in [0.5, 0.6) is 11.5 Å². The lowest BCUT2D eigenvalue weighted by Crippen LogP contribution is -2.34. The summed E-state index contributed by atoms with van der Waals surface area (Å²) in [4.78, 5) is 0. The lowest BCUT2D eigenvalue weighted by Gasteiger charge is -2.12. The largest absolute Gasteiger partial charge is 0.493 e. The van der Waals surface area contributed by atoms with E-state index >= 15 is 0 Å². The molecule has 0 unspecified atom stereocenters. The number of benzene rings is 4. The van der Waals surface area contributed by atoms with Crippen LogP contribution in [0, 0.1) is 6.92 Å². The molecule has 0 saturated heterocycles. The number of pyridine rings is 1. The fraction of sp³-hybridized carbons (Fsp3) is 0.129. The van der Waals surface area contributed by atoms with Crippen molar-refractivity contribution in [2.24, 2.45) is 7.05 Å². The van der Waals surface area contributed by atoms with Crippen molar-refractivity contribution in [1.82, 2.24) is 0 Å². The molecule has 4 aromatic carbocycles. The van der Waals surface area contributed by atoms with E-state index in [0.717, 1.165) is 28.0 Å². The molecule has 0 radical (unpaired) electrons. The van der Waals surface area contributed by atoms with Crippen LogP contribution < -0.4 is 14.0 Å². The number of fused-ring (bicyclic) bond motifs is 1. The second-order valence-corrected chi connectivity index (χ2v) is 8.49. The molecular weight excluding hydrogens is 418 g/mol. The lowest BCUT2D eigenvalue weighted by molar-refractivity contribution is -0.665. The van der Waals surface area contributed by atoms with E-state index in [1.54, 1.807) is 14.2 Å². The monoisotopic (exact) mass is 446 g/mol. The highest BCUT2D eigenvalue weighted by atomic mass is 16.5. The third kappa shape index (κ3) is 3.90. The van der Waals surface area contributed by atoms with Crippen molar-refractivity contribution in [2.45, 2.75) is 6.92 Å². The summed E-state index contributed by atoms with van der Waals surface area (Å²) in [5, 5.41) is 2.28. The fourth-order valence-corrected chi connectivity index (χ4v) is 4.55. The van der Waals surface area contributed by atoms with Crippen molar-refractivity contribution in [2.75, 3.05) is 14.2 Å². The number of methoxy groups -OCH3 is 2. The zero-order valence-electron chi connectivity index (χ0n) is 20.0. The Labute approximate surface area is 200 Å². The van der Waals surface area contributed by atoms with Crippen LogP contribution >= 0.6 is 0 Å². The van der Waals surface area contributed by atoms with Gasteiger partial charge in [-0.25, -0.2) is 0 Å². The number of nitrogens with zero attached hydrogens (tertiary/aromatic N) is 1. The molecule has 168 valence electrons. The molecular formula is C31H28NO2+. The normalized spacial score (nSPS) is 10.9. The summed E-state index contributed by atoms with van der Waals surface area (Å²) in [6.45, 7) is 2.14. The van der Waals surface area contributed by atoms with Crippen molar-refractivity contribution in [3.63, 3.8) is 0 Å². The maximum atomic E-state index is 5.55. The van der Waals surface area contributed by atoms with Crippen LogP contribution in [-0.4, -0.2) is 14.2 Å². The molecule has 3 heteroatoms. The molecule has 0 aliphatic rings. The van der Waals surface area contributed by atoms with Crippen LogP contribution in [0.4, 0.5) is 0 Å². The Morgan fingerprint density at radius 1 is 0.559 bits per heavy atom. The highest BCUT2D eigenvalue weighted by Crippen LogP contribution is 2.35. The van der Waals surface area contributed by atoms with E-state index in [9.17, 15) is 0 Å². The first-order valence-electron chi connectivity index (χ1n) is 11.4. The molecule has 0 aliphatic heterocycles. The average Bonchev–Trinajstić information content (AvgIpc) is 2.90. The van der Waals surface area contributed by atoms with Crippen molar-refractivity contribution in [3.05, 3.63) is 103 Å². The van der Waals surface area contributed by atoms with E-state index in [-0.39, 0.29) is 0 Å². The van der Waals surface area contributed by atoms with Crippen molar-refractivity contribution < 1.29 is 14.0 Å². The SMILES string of the molecule is COc1cc2cc(-c3cccc(-c4ccc(-c5ccccc5)cc4)c3)[n+](C)c(C)c2cc1OC. The van der Waals surface area contributed by atoms with E-state index in [1.807, 2.05) is 6.07 Å². The number of hydrogen-bond acceptors (Lipinski definition) is 2. The van der Waals surface area contributed by atoms with Gasteiger partial charge in [-0.2, -0.15) is 4.57 Å². The Morgan fingerprint density at radius 3 is 1.79 bits per heavy atom. The Bertz CT molecular complexity index is 1470. The summed E-state index contributed by atoms with van der Waals surface area (Å²) >= 11 is 0. The van der Waals surface area contributed by atoms with Crippen molar-refractivity contribution >= 4 is 10.8 Å². The van der Waals surface area contributed by atoms with Gasteiger partial charge in [-0.15, -0.1) is 0 Å². The zero-order valence-corrected chi connectivity index (χ0v) is 20.0. The van der Waals surface area contributed by atoms with Gasteiger partial charge in [0.15, 0.2) is 17.2 Å². The van der Waals surface area contributed by atoms with Gasteiger partial charge in [-0.05, 0) is 51.9 Å². The van der Waals surface area contributed by atoms with Gasteiger partial charge in [0, 0.05) is 18.6 Å². The van der Waals surface area contributed by atoms with E-state index in [1.165, 1.54) is 33.5 Å². The first-order valence-corrected chi connectivity index (χ1v) is 11.4. The van der Waals surface area contributed by atoms with Crippen molar-refractivity contribution in [3.8, 4) is 45.0 Å². The predicted molar refractivity (Wildman–Crippen MR) is 139 cm³/mol. The quantitative estimate of drug-likeness (QED) is 0.272. The third-order valence-corrected chi connectivity index (χ3v) is 6.59. The number of aromatic nitrogens is 1. The summed E-state index contributed by atoms with van der Waals surface area (Å²) in [6, 6.07) is 34.3. The number of aryl methyl sites for hydroxylation is 1. The minimum atomic E-state index is 0.737. The van der Waals surface area contributed by atoms with Gasteiger partial charge in [-0.1, -0.05) is 66.7 Å². The average molecular weight is 447 g/mol. The highest BCUT2D eigenvalue weighted by molar-refractivity contribution is 5.89. The van der Waals surface area contributed by atoms with E-state index < -0.39 is 0 Å². The molecule has 1 aromatic heterocycles. The zero-order chi connectivity index (χ0) is 23.7. The van der Waals surface area contributed by atoms with Crippen LogP contribution in [-0.2, 0) is 7.05 Å². The topological polar surface area (TPSA) is 22.3 Å². The smallest absolute Gasteiger partial charge is 0.213 e. The predicted octanol–water partition coefficient (Wildman–Crippen LogP) is 6.99. The van der Waals surface area contributed by atoms with Crippen LogP contribution in [0.15, 0.2) is 97.1 Å². The Kier molecular flexibility index (Phi) is 5.77. The van der Waals surface area contributed by atoms with Gasteiger partial charge in [0.05, 0.1) is 19.6 Å². The second-order valence-electron chi connectivity index (χ2n) is 8.49. The van der Waals surface area contributed by atoms with Gasteiger partial charge in [0.2, 0.25) is 5.69 Å². The first-order chi connectivity index (χ1) is 16.6. The second kappa shape index (κ2) is 9.03. The number of hydrogen-bond donors (Lipinski definition) is 0. The fourth-order valence-electron chi connectivity index (χ4n) is 4.55. The molecule has 0 spiro atoms. The molecule has 0 saturated carbocycles. The Morgan fingerprint density at radius 2 is 1.12 bits per heavy atom. The van der Waals surface area contributed by atoms with E-state index in [4.69, 9.17) is 9.47 Å². The van der Waals surface area contributed by atoms with Crippen LogP contribution in [0.25, 0.3) is 44.3 Å². The summed E-state index contributed by atoms with van der Waals surface area (Å²) < 4.78 is 13.3. The summed E-state index contributed by atoms with van der Waals surface area (Å²) in [7, 11) is 5.46. The van der Waals surface area contributed by atoms with Crippen molar-refractivity contribution in [1.29, 1.82) is 0 Å². The molecule has 34 heavy (non-hydrogen) atoms. The maximum absolute atomic E-state index is 5.55. The van der Waals surface area contributed by atoms with Gasteiger partial charge in [-0.3, -0.25) is 0 Å². The maximum Gasteiger partial charge on any atom is 0.213 e. The minimum Gasteiger partial charge on any atom is -0.493 e. The molecule has 5 aromatic rings. The van der Waals surface area contributed by atoms with Crippen LogP contribution in [0.3, 0.4) is 0 Å². The molecule has 0 amide bonds. The molecule has 0 atom stereocenters. The Balaban J connectivity index is 1.56. The molecule has 5 rings (SSSR count). The molecule has 3 nitrogen and oxygen atoms in total. The molecule has 1 heterocycles. The first kappa shape index (κ1) is 21.7. The number of ether oxygens (including phenoxy) is 2. The lowest BCUT2D eigenvalue weighted by atomic mass is 9.97. The van der Waals surface area contributed by atoms with Gasteiger partial charge >= 0.3 is 0 Å². The molecule has 0 N–H and O–H groups in total. The standard InChI is InChI=1S/C31H28NO2/c1-21-28-20-31(34-4)30(33-3)19-27(28)18-29(32(21)2)26-12-8-11-25(17-26)24-15-13-23(14-16-24)22-9-6-5-7-10-22/h5-20H,1-4H3/q+1. The third-order valence-electron chi connectivity index (χ3n) is 6.59. The Hall–Kier alpha value is -4.11. The van der Waals surface area contributed by atoms with Gasteiger partial charge < -0.3 is 9.47 Å². The molecule has 0 aliphatic carbocycles. The molecule has 0 bridgehead atoms. The van der Waals surface area contributed by atoms with Crippen LogP contribution in [0.1, 0.15) is 5.69 Å². The summed E-state index contributed by atoms with van der Waals surface area (Å²) in [6.07, 6.45) is 0. The summed E-state index contributed by atoms with van der Waals surface area (Å²) in [5.74, 6) is 1.48. The minimum absolute atomic E-state index is 0.737. The van der Waals surface area contributed by atoms with E-state index in [0.29, 0.717) is 0 Å². The van der Waals surface area contributed by atoms with Gasteiger partial charge in [0.25, 0.3) is 0 Å². The molecule has 0 fully saturated rings.